The van der Waals surface area contributed by atoms with E-state index in [9.17, 15) is 15.3 Å². The van der Waals surface area contributed by atoms with Crippen LogP contribution < -0.4 is 5.32 Å². The second-order valence-corrected chi connectivity index (χ2v) is 7.77. The van der Waals surface area contributed by atoms with Crippen molar-refractivity contribution in [2.45, 2.75) is 36.0 Å². The van der Waals surface area contributed by atoms with E-state index in [0.717, 1.165) is 36.5 Å². The third-order valence-corrected chi connectivity index (χ3v) is 5.31. The molecule has 25 heavy (non-hydrogen) atoms. The Hall–Kier alpha value is -1.63. The zero-order chi connectivity index (χ0) is 18.2. The third-order valence-electron chi connectivity index (χ3n) is 4.00. The van der Waals surface area contributed by atoms with Gasteiger partial charge in [0.05, 0.1) is 5.25 Å². The van der Waals surface area contributed by atoms with Crippen molar-refractivity contribution >= 4 is 11.8 Å². The number of nitrogens with zero attached hydrogens (tertiary/aromatic N) is 1. The number of nitrogens with one attached hydrogen (secondary N) is 1. The second-order valence-electron chi connectivity index (χ2n) is 6.53. The molecule has 0 spiro atoms. The van der Waals surface area contributed by atoms with Gasteiger partial charge in [-0.05, 0) is 70.2 Å². The van der Waals surface area contributed by atoms with Crippen LogP contribution in [-0.4, -0.2) is 52.7 Å². The molecule has 138 valence electrons. The van der Waals surface area contributed by atoms with E-state index < -0.39 is 0 Å². The summed E-state index contributed by atoms with van der Waals surface area (Å²) in [5, 5.41) is 32.7. The smallest absolute Gasteiger partial charge is 0.129 e. The van der Waals surface area contributed by atoms with E-state index in [1.807, 2.05) is 12.1 Å². The number of phenolic OH excluding ortho intramolecular Hbond substituents is 1. The van der Waals surface area contributed by atoms with Gasteiger partial charge in [-0.1, -0.05) is 6.07 Å². The van der Waals surface area contributed by atoms with E-state index >= 15 is 0 Å². The molecule has 2 rings (SSSR count). The van der Waals surface area contributed by atoms with Gasteiger partial charge in [0.15, 0.2) is 0 Å². The number of aromatic hydroxyl groups is 1. The number of rotatable bonds is 9. The number of aliphatic hydroxyl groups excluding tert-OH is 2. The quantitative estimate of drug-likeness (QED) is 0.502. The Kier molecular flexibility index (Phi) is 7.68. The number of allylic oxidation sites excluding steroid dienone is 2. The molecule has 0 fully saturated rings. The third kappa shape index (κ3) is 6.65. The summed E-state index contributed by atoms with van der Waals surface area (Å²) in [5.41, 5.74) is 1.04. The van der Waals surface area contributed by atoms with Crippen LogP contribution in [0.5, 0.6) is 5.75 Å². The minimum atomic E-state index is -0.178. The van der Waals surface area contributed by atoms with Crippen LogP contribution in [-0.2, 0) is 6.54 Å². The van der Waals surface area contributed by atoms with Crippen molar-refractivity contribution in [3.8, 4) is 5.75 Å². The number of phenols is 1. The van der Waals surface area contributed by atoms with Crippen molar-refractivity contribution in [2.24, 2.45) is 0 Å². The van der Waals surface area contributed by atoms with Gasteiger partial charge in [0.1, 0.15) is 17.3 Å². The fraction of sp³-hybridized carbons (Fsp3) is 0.474. The van der Waals surface area contributed by atoms with Gasteiger partial charge in [-0.3, -0.25) is 0 Å². The maximum Gasteiger partial charge on any atom is 0.129 e. The molecule has 0 saturated heterocycles. The summed E-state index contributed by atoms with van der Waals surface area (Å²) >= 11 is 1.40. The van der Waals surface area contributed by atoms with Gasteiger partial charge in [-0.25, -0.2) is 0 Å². The summed E-state index contributed by atoms with van der Waals surface area (Å²) in [6.07, 6.45) is 5.86. The van der Waals surface area contributed by atoms with Crippen molar-refractivity contribution < 1.29 is 15.3 Å². The number of hydrogen-bond donors (Lipinski definition) is 4. The Morgan fingerprint density at radius 3 is 2.68 bits per heavy atom. The summed E-state index contributed by atoms with van der Waals surface area (Å²) < 4.78 is 0. The van der Waals surface area contributed by atoms with Gasteiger partial charge in [-0.2, -0.15) is 0 Å². The monoisotopic (exact) mass is 364 g/mol. The Morgan fingerprint density at radius 2 is 2.00 bits per heavy atom. The molecule has 0 aliphatic heterocycles. The van der Waals surface area contributed by atoms with Crippen LogP contribution in [0.2, 0.25) is 0 Å². The maximum atomic E-state index is 10.2. The SMILES string of the molecule is CN(C)CCCCNCc1ccc(SC2CC=C(O)C=C2O)c(O)c1. The van der Waals surface area contributed by atoms with Crippen LogP contribution >= 0.6 is 11.8 Å². The van der Waals surface area contributed by atoms with Crippen LogP contribution in [0, 0.1) is 0 Å². The molecule has 1 aliphatic carbocycles. The van der Waals surface area contributed by atoms with Crippen molar-refractivity contribution in [2.75, 3.05) is 27.2 Å². The molecule has 0 radical (unpaired) electrons. The molecule has 0 bridgehead atoms. The molecule has 4 N–H and O–H groups in total. The van der Waals surface area contributed by atoms with Crippen LogP contribution in [0.4, 0.5) is 0 Å². The number of benzene rings is 1. The molecule has 1 aromatic carbocycles. The molecule has 1 atom stereocenters. The molecule has 6 heteroatoms. The van der Waals surface area contributed by atoms with Gasteiger partial charge in [-0.15, -0.1) is 11.8 Å². The lowest BCUT2D eigenvalue weighted by atomic mass is 10.1. The number of thioether (sulfide) groups is 1. The zero-order valence-electron chi connectivity index (χ0n) is 14.9. The van der Waals surface area contributed by atoms with Crippen LogP contribution in [0.15, 0.2) is 46.8 Å². The molecular weight excluding hydrogens is 336 g/mol. The molecule has 0 aromatic heterocycles. The summed E-state index contributed by atoms with van der Waals surface area (Å²) in [6, 6.07) is 5.65. The lowest BCUT2D eigenvalue weighted by molar-refractivity contribution is 0.367. The first kappa shape index (κ1) is 19.7. The molecule has 5 nitrogen and oxygen atoms in total. The standard InChI is InChI=1S/C19H28N2O3S/c1-21(2)10-4-3-9-20-13-14-5-7-18(16(23)11-14)25-19-8-6-15(22)12-17(19)24/h5-7,11-12,19-20,22-24H,3-4,8-10,13H2,1-2H3. The number of hydrogen-bond acceptors (Lipinski definition) is 6. The van der Waals surface area contributed by atoms with E-state index in [1.54, 1.807) is 12.1 Å². The zero-order valence-corrected chi connectivity index (χ0v) is 15.7. The highest BCUT2D eigenvalue weighted by atomic mass is 32.2. The van der Waals surface area contributed by atoms with Gasteiger partial charge in [0.25, 0.3) is 0 Å². The van der Waals surface area contributed by atoms with E-state index in [0.29, 0.717) is 6.42 Å². The molecule has 0 amide bonds. The minimum absolute atomic E-state index is 0.0885. The second kappa shape index (κ2) is 9.75. The predicted molar refractivity (Wildman–Crippen MR) is 103 cm³/mol. The number of aliphatic hydroxyl groups is 2. The highest BCUT2D eigenvalue weighted by Crippen LogP contribution is 2.37. The number of unbranched alkanes of at least 4 members (excludes halogenated alkanes) is 1. The van der Waals surface area contributed by atoms with Gasteiger partial charge >= 0.3 is 0 Å². The van der Waals surface area contributed by atoms with Gasteiger partial charge in [0.2, 0.25) is 0 Å². The van der Waals surface area contributed by atoms with E-state index in [-0.39, 0.29) is 22.5 Å². The summed E-state index contributed by atoms with van der Waals surface area (Å²) in [5.74, 6) is 0.446. The normalized spacial score (nSPS) is 17.5. The summed E-state index contributed by atoms with van der Waals surface area (Å²) in [4.78, 5) is 2.92. The summed E-state index contributed by atoms with van der Waals surface area (Å²) in [7, 11) is 4.16. The average molecular weight is 365 g/mol. The minimum Gasteiger partial charge on any atom is -0.511 e. The first-order valence-corrected chi connectivity index (χ1v) is 9.47. The topological polar surface area (TPSA) is 76.0 Å². The fourth-order valence-corrected chi connectivity index (χ4v) is 3.61. The molecular formula is C19H28N2O3S. The Balaban J connectivity index is 1.79. The maximum absolute atomic E-state index is 10.2. The first-order valence-electron chi connectivity index (χ1n) is 8.59. The lowest BCUT2D eigenvalue weighted by Crippen LogP contribution is -2.18. The van der Waals surface area contributed by atoms with Crippen LogP contribution in [0.3, 0.4) is 0 Å². The fourth-order valence-electron chi connectivity index (χ4n) is 2.60. The van der Waals surface area contributed by atoms with Crippen molar-refractivity contribution in [3.63, 3.8) is 0 Å². The van der Waals surface area contributed by atoms with Crippen molar-refractivity contribution in [1.82, 2.24) is 10.2 Å². The van der Waals surface area contributed by atoms with Gasteiger partial charge in [0, 0.05) is 17.5 Å². The molecule has 1 unspecified atom stereocenters. The Labute approximate surface area is 154 Å². The lowest BCUT2D eigenvalue weighted by Gasteiger charge is -2.18. The van der Waals surface area contributed by atoms with E-state index in [2.05, 4.69) is 24.3 Å². The molecule has 0 saturated carbocycles. The van der Waals surface area contributed by atoms with Gasteiger partial charge < -0.3 is 25.5 Å². The van der Waals surface area contributed by atoms with Crippen LogP contribution in [0.25, 0.3) is 0 Å². The highest BCUT2D eigenvalue weighted by molar-refractivity contribution is 8.00. The Morgan fingerprint density at radius 1 is 1.20 bits per heavy atom. The Bertz CT molecular complexity index is 629. The highest BCUT2D eigenvalue weighted by Gasteiger charge is 2.20. The van der Waals surface area contributed by atoms with E-state index in [4.69, 9.17) is 0 Å². The van der Waals surface area contributed by atoms with E-state index in [1.165, 1.54) is 24.3 Å². The average Bonchev–Trinajstić information content (AvgIpc) is 2.55. The predicted octanol–water partition coefficient (Wildman–Crippen LogP) is 3.57. The molecule has 1 aromatic rings. The molecule has 0 heterocycles. The first-order chi connectivity index (χ1) is 12.0. The summed E-state index contributed by atoms with van der Waals surface area (Å²) in [6.45, 7) is 2.79. The van der Waals surface area contributed by atoms with Crippen molar-refractivity contribution in [3.05, 3.63) is 47.4 Å². The van der Waals surface area contributed by atoms with Crippen molar-refractivity contribution in [1.29, 1.82) is 0 Å². The largest absolute Gasteiger partial charge is 0.511 e. The molecule has 1 aliphatic rings. The van der Waals surface area contributed by atoms with Crippen LogP contribution in [0.1, 0.15) is 24.8 Å².